The van der Waals surface area contributed by atoms with Gasteiger partial charge < -0.3 is 36.0 Å². The van der Waals surface area contributed by atoms with Crippen LogP contribution in [0.25, 0.3) is 0 Å². The molecule has 4 aliphatic carbocycles. The summed E-state index contributed by atoms with van der Waals surface area (Å²) in [6.45, 7) is 12.7. The van der Waals surface area contributed by atoms with E-state index in [1.54, 1.807) is 6.92 Å². The Morgan fingerprint density at radius 1 is 1.03 bits per heavy atom. The molecule has 0 radical (unpaired) electrons. The highest BCUT2D eigenvalue weighted by molar-refractivity contribution is 5.66. The Morgan fingerprint density at radius 2 is 1.73 bits per heavy atom. The zero-order chi connectivity index (χ0) is 25.3. The van der Waals surface area contributed by atoms with Crippen LogP contribution in [0.15, 0.2) is 0 Å². The number of hydrogen-bond acceptors (Lipinski definition) is 5. The number of likely N-dealkylation sites (N-methyl/N-ethyl adjacent to an activating group) is 1. The van der Waals surface area contributed by atoms with Crippen LogP contribution in [0.5, 0.6) is 0 Å². The summed E-state index contributed by atoms with van der Waals surface area (Å²) in [5, 5.41) is 11.2. The van der Waals surface area contributed by atoms with E-state index < -0.39 is 0 Å². The Kier molecular flexibility index (Phi) is 7.90. The molecule has 0 aromatic rings. The third-order valence-corrected chi connectivity index (χ3v) is 12.8. The molecule has 10 atom stereocenters. The number of carbonyl (C=O) groups is 1. The van der Waals surface area contributed by atoms with Gasteiger partial charge in [-0.1, -0.05) is 13.8 Å². The fourth-order valence-corrected chi connectivity index (χ4v) is 10.9. The average Bonchev–Trinajstić information content (AvgIpc) is 3.42. The summed E-state index contributed by atoms with van der Waals surface area (Å²) in [4.78, 5) is 14.9. The second-order valence-corrected chi connectivity index (χ2v) is 14.4. The third kappa shape index (κ3) is 4.55. The number of morpholine rings is 1. The minimum atomic E-state index is -0.199. The van der Waals surface area contributed by atoms with Gasteiger partial charge >= 0.3 is 5.97 Å². The molecule has 37 heavy (non-hydrogen) atoms. The van der Waals surface area contributed by atoms with Crippen LogP contribution in [0.3, 0.4) is 0 Å². The van der Waals surface area contributed by atoms with Gasteiger partial charge in [-0.25, -0.2) is 0 Å². The van der Waals surface area contributed by atoms with E-state index >= 15 is 0 Å². The number of ether oxygens (including phenoxy) is 2. The molecule has 7 heteroatoms. The highest BCUT2D eigenvalue weighted by Gasteiger charge is 2.67. The van der Waals surface area contributed by atoms with Crippen molar-refractivity contribution < 1.29 is 40.8 Å². The van der Waals surface area contributed by atoms with Crippen molar-refractivity contribution in [2.45, 2.75) is 103 Å². The van der Waals surface area contributed by atoms with Gasteiger partial charge in [0.25, 0.3) is 0 Å². The summed E-state index contributed by atoms with van der Waals surface area (Å²) >= 11 is 0. The number of fused-ring (bicyclic) bond motifs is 5. The quantitative estimate of drug-likeness (QED) is 0.395. The van der Waals surface area contributed by atoms with Crippen LogP contribution in [0, 0.1) is 34.5 Å². The van der Waals surface area contributed by atoms with Crippen LogP contribution in [-0.2, 0) is 14.3 Å². The smallest absolute Gasteiger partial charge is 0.303 e. The lowest BCUT2D eigenvalue weighted by Gasteiger charge is -2.62. The number of rotatable bonds is 3. The van der Waals surface area contributed by atoms with Crippen LogP contribution in [0.1, 0.15) is 78.6 Å². The van der Waals surface area contributed by atoms with Crippen molar-refractivity contribution in [2.75, 3.05) is 46.4 Å². The van der Waals surface area contributed by atoms with Crippen LogP contribution in [0.4, 0.5) is 0 Å². The molecule has 0 unspecified atom stereocenters. The first-order chi connectivity index (χ1) is 17.2. The first kappa shape index (κ1) is 28.3. The third-order valence-electron chi connectivity index (χ3n) is 12.8. The van der Waals surface area contributed by atoms with Crippen molar-refractivity contribution >= 4 is 5.97 Å². The van der Waals surface area contributed by atoms with Gasteiger partial charge in [-0.15, -0.1) is 0 Å². The maximum absolute atomic E-state index is 12.4. The molecule has 0 aromatic heterocycles. The summed E-state index contributed by atoms with van der Waals surface area (Å²) in [7, 11) is 2.44. The van der Waals surface area contributed by atoms with Gasteiger partial charge in [0.2, 0.25) is 0 Å². The molecular weight excluding hydrogens is 532 g/mol. The monoisotopic (exact) mass is 582 g/mol. The second-order valence-electron chi connectivity index (χ2n) is 14.4. The van der Waals surface area contributed by atoms with Gasteiger partial charge in [-0.3, -0.25) is 9.69 Å². The number of esters is 1. The first-order valence-electron chi connectivity index (χ1n) is 15.2. The van der Waals surface area contributed by atoms with E-state index in [0.717, 1.165) is 55.5 Å². The Morgan fingerprint density at radius 3 is 2.41 bits per heavy atom. The minimum absolute atomic E-state index is 0. The van der Waals surface area contributed by atoms with Crippen LogP contribution in [0.2, 0.25) is 0 Å². The van der Waals surface area contributed by atoms with Crippen LogP contribution >= 0.6 is 0 Å². The highest BCUT2D eigenvalue weighted by atomic mass is 79.9. The van der Waals surface area contributed by atoms with E-state index in [0.29, 0.717) is 23.3 Å². The summed E-state index contributed by atoms with van der Waals surface area (Å²) in [5.74, 6) is 2.64. The van der Waals surface area contributed by atoms with E-state index in [2.05, 4.69) is 25.8 Å². The number of likely N-dealkylation sites (tertiary alicyclic amines) is 1. The van der Waals surface area contributed by atoms with E-state index in [9.17, 15) is 9.90 Å². The number of quaternary nitrogens is 1. The number of hydrogen-bond donors (Lipinski definition) is 1. The predicted molar refractivity (Wildman–Crippen MR) is 139 cm³/mol. The first-order valence-corrected chi connectivity index (χ1v) is 15.2. The number of aliphatic hydroxyl groups is 1. The van der Waals surface area contributed by atoms with Crippen molar-refractivity contribution in [3.63, 3.8) is 0 Å². The van der Waals surface area contributed by atoms with Gasteiger partial charge in [0.1, 0.15) is 6.04 Å². The summed E-state index contributed by atoms with van der Waals surface area (Å²) < 4.78 is 13.0. The zero-order valence-corrected chi connectivity index (χ0v) is 25.3. The zero-order valence-electron chi connectivity index (χ0n) is 23.7. The SMILES string of the molecule is CC(=O)O[C@H]1[C@@H]([N+]2(C)CCCC2)C[C@H]2[C@@H]3CC[C@H]4C[C@H](O)[C@H](N5CCOCC5)C[C@]4(C)[C@H]3CC[C@@]21C.[Br-]. The molecule has 6 rings (SSSR count). The molecule has 212 valence electrons. The molecule has 2 saturated heterocycles. The van der Waals surface area contributed by atoms with Crippen molar-refractivity contribution in [2.24, 2.45) is 34.5 Å². The normalized spacial score (nSPS) is 49.3. The number of carbonyl (C=O) groups excluding carboxylic acids is 1. The number of aliphatic hydroxyl groups excluding tert-OH is 1. The molecule has 6 nitrogen and oxygen atoms in total. The summed E-state index contributed by atoms with van der Waals surface area (Å²) in [6.07, 6.45) is 10.8. The van der Waals surface area contributed by atoms with Gasteiger partial charge in [-0.05, 0) is 67.6 Å². The van der Waals surface area contributed by atoms with E-state index in [1.165, 1.54) is 58.0 Å². The van der Waals surface area contributed by atoms with Gasteiger partial charge in [0.05, 0.1) is 39.5 Å². The lowest BCUT2D eigenvalue weighted by Crippen LogP contribution is -3.00. The van der Waals surface area contributed by atoms with Crippen LogP contribution in [-0.4, -0.2) is 91.2 Å². The highest BCUT2D eigenvalue weighted by Crippen LogP contribution is 2.67. The molecular formula is C30H51BrN2O4. The average molecular weight is 584 g/mol. The molecule has 0 bridgehead atoms. The maximum Gasteiger partial charge on any atom is 0.303 e. The Bertz CT molecular complexity index is 845. The van der Waals surface area contributed by atoms with Gasteiger partial charge in [0.15, 0.2) is 6.10 Å². The van der Waals surface area contributed by atoms with E-state index in [-0.39, 0.29) is 46.6 Å². The van der Waals surface area contributed by atoms with Gasteiger partial charge in [-0.2, -0.15) is 0 Å². The molecule has 6 aliphatic rings. The Balaban J connectivity index is 0.00000280. The molecule has 4 saturated carbocycles. The molecule has 1 N–H and O–H groups in total. The molecule has 2 heterocycles. The standard InChI is InChI=1S/C30H51N2O4.BrH/c1-20(33)36-28-26(32(4)13-5-6-14-32)18-24-22-8-7-21-17-27(34)25(31-11-15-35-16-12-31)19-30(21,3)23(22)9-10-29(24,28)2;/h21-28,34H,5-19H2,1-4H3;1H/q+1;/p-1/t21-,22+,23-,24-,25+,26-,27-,28-,29-,30-;/m0./s1. The minimum Gasteiger partial charge on any atom is -1.00 e. The topological polar surface area (TPSA) is 59.0 Å². The molecule has 2 aliphatic heterocycles. The fraction of sp³-hybridized carbons (Fsp3) is 0.967. The second kappa shape index (κ2) is 10.3. The Hall–Kier alpha value is -0.210. The predicted octanol–water partition coefficient (Wildman–Crippen LogP) is 0.855. The summed E-state index contributed by atoms with van der Waals surface area (Å²) in [5.41, 5.74) is 0.399. The number of halogens is 1. The lowest BCUT2D eigenvalue weighted by molar-refractivity contribution is -0.924. The number of nitrogens with zero attached hydrogens (tertiary/aromatic N) is 2. The largest absolute Gasteiger partial charge is 1.00 e. The van der Waals surface area contributed by atoms with E-state index in [1.807, 2.05) is 0 Å². The molecule has 6 fully saturated rings. The van der Waals surface area contributed by atoms with Crippen LogP contribution < -0.4 is 17.0 Å². The fourth-order valence-electron chi connectivity index (χ4n) is 10.9. The van der Waals surface area contributed by atoms with Crippen molar-refractivity contribution in [1.29, 1.82) is 0 Å². The van der Waals surface area contributed by atoms with Crippen molar-refractivity contribution in [3.8, 4) is 0 Å². The summed E-state index contributed by atoms with van der Waals surface area (Å²) in [6, 6.07) is 0.728. The van der Waals surface area contributed by atoms with Crippen molar-refractivity contribution in [1.82, 2.24) is 4.90 Å². The molecule has 0 spiro atoms. The van der Waals surface area contributed by atoms with Crippen molar-refractivity contribution in [3.05, 3.63) is 0 Å². The lowest BCUT2D eigenvalue weighted by atomic mass is 9.44. The molecule has 0 aromatic carbocycles. The molecule has 0 amide bonds. The van der Waals surface area contributed by atoms with E-state index in [4.69, 9.17) is 9.47 Å². The van der Waals surface area contributed by atoms with Gasteiger partial charge in [0, 0.05) is 50.7 Å². The Labute approximate surface area is 235 Å². The maximum atomic E-state index is 12.4.